The first-order valence-electron chi connectivity index (χ1n) is 31.6. The lowest BCUT2D eigenvalue weighted by Crippen LogP contribution is -2.29. The molecular weight excluding hydrogens is 1120 g/mol. The number of aromatic nitrogens is 4. The molecule has 0 fully saturated rings. The van der Waals surface area contributed by atoms with Crippen LogP contribution >= 0.6 is 0 Å². The van der Waals surface area contributed by atoms with Gasteiger partial charge in [-0.05, 0) is 224 Å². The third kappa shape index (κ3) is 12.4. The molecule has 0 unspecified atom stereocenters. The van der Waals surface area contributed by atoms with Gasteiger partial charge >= 0.3 is 0 Å². The van der Waals surface area contributed by atoms with Crippen LogP contribution in [0.2, 0.25) is 0 Å². The molecule has 0 saturated heterocycles. The van der Waals surface area contributed by atoms with Crippen molar-refractivity contribution in [2.75, 3.05) is 0 Å². The van der Waals surface area contributed by atoms with Gasteiger partial charge in [-0.1, -0.05) is 150 Å². The van der Waals surface area contributed by atoms with E-state index in [1.165, 1.54) is 33.0 Å². The number of allylic oxidation sites excluding steroid dienone is 8. The minimum absolute atomic E-state index is 0.325. The zero-order valence-electron chi connectivity index (χ0n) is 54.8. The first kappa shape index (κ1) is 65.1. The van der Waals surface area contributed by atoms with Crippen LogP contribution in [0.3, 0.4) is 0 Å². The number of benzene rings is 7. The van der Waals surface area contributed by atoms with Gasteiger partial charge in [-0.3, -0.25) is 0 Å². The zero-order chi connectivity index (χ0) is 65.6. The Balaban J connectivity index is 0.00000162. The maximum absolute atomic E-state index is 9.52. The molecule has 0 radical (unpaired) electrons. The SMILES string of the molecule is C=C.C=C/C=c1/[nH]cccc(-c2ccc3c(c2)c2ccccc2n3-c2ccc(-c3ccc(-n4c(=C/C)/c(=C\C(=C)c5ccc6c(c5)c5c(n6-c6ccc(C#N)cc6)C=CC=C=C5)c5ccccc54)cc3C)c(C)c2)c(C)c(C(/C=C\CC#N)=C/C)/c1=C/C.CC.CC. The minimum Gasteiger partial charge on any atom is -0.361 e. The molecule has 11 aromatic rings. The van der Waals surface area contributed by atoms with Gasteiger partial charge in [0.25, 0.3) is 0 Å². The van der Waals surface area contributed by atoms with Crippen LogP contribution in [-0.4, -0.2) is 18.7 Å². The zero-order valence-corrected chi connectivity index (χ0v) is 54.8. The molecule has 1 aliphatic carbocycles. The number of para-hydroxylation sites is 2. The fourth-order valence-electron chi connectivity index (χ4n) is 12.8. The highest BCUT2D eigenvalue weighted by Gasteiger charge is 2.20. The Hall–Kier alpha value is -11.4. The van der Waals surface area contributed by atoms with Crippen molar-refractivity contribution < 1.29 is 0 Å². The normalized spacial score (nSPS) is 12.4. The lowest BCUT2D eigenvalue weighted by atomic mass is 9.92. The summed E-state index contributed by atoms with van der Waals surface area (Å²) in [7, 11) is 0. The molecule has 0 spiro atoms. The van der Waals surface area contributed by atoms with Crippen LogP contribution in [0.4, 0.5) is 0 Å². The van der Waals surface area contributed by atoms with Gasteiger partial charge in [0.15, 0.2) is 0 Å². The molecule has 4 heterocycles. The molecule has 7 aromatic carbocycles. The van der Waals surface area contributed by atoms with Crippen LogP contribution in [-0.2, 0) is 0 Å². The Morgan fingerprint density at radius 2 is 1.25 bits per heavy atom. The highest BCUT2D eigenvalue weighted by molar-refractivity contribution is 6.11. The van der Waals surface area contributed by atoms with E-state index < -0.39 is 0 Å². The van der Waals surface area contributed by atoms with E-state index >= 15 is 0 Å². The van der Waals surface area contributed by atoms with Gasteiger partial charge in [-0.15, -0.1) is 18.9 Å². The van der Waals surface area contributed by atoms with Crippen molar-refractivity contribution in [3.05, 3.63) is 298 Å². The van der Waals surface area contributed by atoms with Crippen molar-refractivity contribution in [1.29, 1.82) is 10.5 Å². The van der Waals surface area contributed by atoms with Gasteiger partial charge in [0.1, 0.15) is 0 Å². The molecule has 0 aliphatic heterocycles. The molecule has 1 N–H and O–H groups in total. The van der Waals surface area contributed by atoms with Gasteiger partial charge in [0.05, 0.1) is 51.9 Å². The predicted molar refractivity (Wildman–Crippen MR) is 398 cm³/mol. The average molecular weight is 1200 g/mol. The number of hydrogen-bond acceptors (Lipinski definition) is 2. The number of aromatic amines is 1. The lowest BCUT2D eigenvalue weighted by Gasteiger charge is -2.16. The molecule has 6 nitrogen and oxygen atoms in total. The van der Waals surface area contributed by atoms with E-state index in [2.05, 4.69) is 274 Å². The highest BCUT2D eigenvalue weighted by Crippen LogP contribution is 2.39. The van der Waals surface area contributed by atoms with E-state index in [1.807, 2.05) is 88.5 Å². The second-order valence-electron chi connectivity index (χ2n) is 21.7. The largest absolute Gasteiger partial charge is 0.361 e. The fourth-order valence-corrected chi connectivity index (χ4v) is 12.8. The van der Waals surface area contributed by atoms with Crippen molar-refractivity contribution >= 4 is 91.2 Å². The average Bonchev–Trinajstić information content (AvgIpc) is 1.60. The van der Waals surface area contributed by atoms with Crippen LogP contribution in [0.25, 0.3) is 131 Å². The Labute approximate surface area is 542 Å². The molecule has 4 aromatic heterocycles. The number of rotatable bonds is 11. The molecule has 454 valence electrons. The third-order valence-electron chi connectivity index (χ3n) is 16.7. The van der Waals surface area contributed by atoms with Gasteiger partial charge in [-0.25, -0.2) is 0 Å². The molecule has 0 amide bonds. The van der Waals surface area contributed by atoms with E-state index in [0.717, 1.165) is 121 Å². The summed E-state index contributed by atoms with van der Waals surface area (Å²) in [6.45, 7) is 35.6. The first-order chi connectivity index (χ1) is 45.1. The van der Waals surface area contributed by atoms with Crippen molar-refractivity contribution in [2.45, 2.75) is 75.7 Å². The number of nitrogens with one attached hydrogen (secondary N) is 1. The van der Waals surface area contributed by atoms with Crippen LogP contribution in [0.1, 0.15) is 99.5 Å². The van der Waals surface area contributed by atoms with Crippen LogP contribution < -0.4 is 21.1 Å². The monoisotopic (exact) mass is 1200 g/mol. The number of hydrogen-bond donors (Lipinski definition) is 1. The number of H-pyrrole nitrogens is 1. The molecule has 0 atom stereocenters. The molecule has 6 heteroatoms. The molecule has 1 aliphatic rings. The second kappa shape index (κ2) is 29.7. The highest BCUT2D eigenvalue weighted by atomic mass is 15.0. The first-order valence-corrected chi connectivity index (χ1v) is 31.6. The molecule has 0 bridgehead atoms. The summed E-state index contributed by atoms with van der Waals surface area (Å²) in [4.78, 5) is 3.52. The Morgan fingerprint density at radius 1 is 0.620 bits per heavy atom. The summed E-state index contributed by atoms with van der Waals surface area (Å²) in [5.41, 5.74) is 25.9. The van der Waals surface area contributed by atoms with Gasteiger partial charge in [-0.2, -0.15) is 10.5 Å². The van der Waals surface area contributed by atoms with Gasteiger partial charge < -0.3 is 18.7 Å². The van der Waals surface area contributed by atoms with E-state index in [-0.39, 0.29) is 0 Å². The third-order valence-corrected chi connectivity index (χ3v) is 16.7. The summed E-state index contributed by atoms with van der Waals surface area (Å²) in [5, 5.41) is 27.8. The molecule has 12 rings (SSSR count). The lowest BCUT2D eigenvalue weighted by molar-refractivity contribution is 1.06. The molecule has 0 saturated carbocycles. The summed E-state index contributed by atoms with van der Waals surface area (Å²) in [5.74, 6) is 0. The smallest absolute Gasteiger partial charge is 0.0991 e. The summed E-state index contributed by atoms with van der Waals surface area (Å²) >= 11 is 0. The number of fused-ring (bicyclic) bond motifs is 7. The Kier molecular flexibility index (Phi) is 21.0. The maximum atomic E-state index is 9.52. The topological polar surface area (TPSA) is 78.2 Å². The number of aryl methyl sites for hydroxylation is 2. The summed E-state index contributed by atoms with van der Waals surface area (Å²) in [6, 6.07) is 61.1. The summed E-state index contributed by atoms with van der Waals surface area (Å²) in [6.07, 6.45) is 27.0. The second-order valence-corrected chi connectivity index (χ2v) is 21.7. The quantitative estimate of drug-likeness (QED) is 0.0796. The van der Waals surface area contributed by atoms with E-state index in [9.17, 15) is 10.5 Å². The van der Waals surface area contributed by atoms with Crippen molar-refractivity contribution in [1.82, 2.24) is 18.7 Å². The van der Waals surface area contributed by atoms with Crippen LogP contribution in [0.15, 0.2) is 232 Å². The van der Waals surface area contributed by atoms with E-state index in [1.54, 1.807) is 0 Å². The van der Waals surface area contributed by atoms with Crippen LogP contribution in [0, 0.1) is 43.4 Å². The van der Waals surface area contributed by atoms with Crippen molar-refractivity contribution in [2.24, 2.45) is 0 Å². The van der Waals surface area contributed by atoms with Gasteiger partial charge in [0, 0.05) is 71.5 Å². The number of nitriles is 2. The van der Waals surface area contributed by atoms with Crippen molar-refractivity contribution in [3.63, 3.8) is 0 Å². The van der Waals surface area contributed by atoms with E-state index in [4.69, 9.17) is 6.58 Å². The Bertz CT molecular complexity index is 5260. The van der Waals surface area contributed by atoms with Crippen molar-refractivity contribution in [3.8, 4) is 51.5 Å². The maximum Gasteiger partial charge on any atom is 0.0991 e. The molecule has 92 heavy (non-hydrogen) atoms. The minimum atomic E-state index is 0.325. The fraction of sp³-hybridized carbons (Fsp3) is 0.128. The predicted octanol–water partition coefficient (Wildman–Crippen LogP) is 20.2. The van der Waals surface area contributed by atoms with Crippen LogP contribution in [0.5, 0.6) is 0 Å². The standard InChI is InChI=1S/C80H64N6.2C2H6.C2H4/c1-9-23-73-63(11-3)80(57(10-2)24-20-21-44-81)55(8)66(28-22-45-83-73)59-35-43-79-72(50-59)69-27-17-19-31-77(69)86(79)62-39-41-65(54(7)47-62)64-40-38-61(46-53(64)6)85-74(12-4)70(67-26-16-18-30-76(67)85)48-52(5)58-34-42-78-71(49-58)68-25-14-13-15-29-75(68)84(78)60-36-32-56(51-82)33-37-60;3*1-2/h9-13,15-20,22-43,45-50,83H,1,5,21H2,2-4,6-8H3;2*1-2H3;1-2H2/b24-20-,45-22?,57-10+,63-11+,66-28?,70-48-,73-23+,74-12+,80-55?;;;. The van der Waals surface area contributed by atoms with Gasteiger partial charge in [0.2, 0.25) is 0 Å². The number of nitrogens with zero attached hydrogens (tertiary/aromatic N) is 5. The Morgan fingerprint density at radius 3 is 1.89 bits per heavy atom. The summed E-state index contributed by atoms with van der Waals surface area (Å²) < 4.78 is 7.03. The van der Waals surface area contributed by atoms with E-state index in [0.29, 0.717) is 12.0 Å². The molecular formula is C86H80N6.